The molecule has 0 aliphatic carbocycles. The summed E-state index contributed by atoms with van der Waals surface area (Å²) in [7, 11) is 0. The predicted molar refractivity (Wildman–Crippen MR) is 84.5 cm³/mol. The van der Waals surface area contributed by atoms with Gasteiger partial charge in [0.2, 0.25) is 5.88 Å². The van der Waals surface area contributed by atoms with Crippen LogP contribution < -0.4 is 4.74 Å². The van der Waals surface area contributed by atoms with Gasteiger partial charge in [0, 0.05) is 31.3 Å². The van der Waals surface area contributed by atoms with Crippen LogP contribution in [0, 0.1) is 12.8 Å². The average Bonchev–Trinajstić information content (AvgIpc) is 2.56. The lowest BCUT2D eigenvalue weighted by molar-refractivity contribution is 0.134. The van der Waals surface area contributed by atoms with Gasteiger partial charge in [-0.2, -0.15) is 0 Å². The van der Waals surface area contributed by atoms with Crippen molar-refractivity contribution < 1.29 is 4.74 Å². The van der Waals surface area contributed by atoms with Crippen LogP contribution >= 0.6 is 0 Å². The highest BCUT2D eigenvalue weighted by molar-refractivity contribution is 5.14. The third-order valence-electron chi connectivity index (χ3n) is 4.15. The van der Waals surface area contributed by atoms with Crippen LogP contribution in [-0.4, -0.2) is 39.5 Å². The summed E-state index contributed by atoms with van der Waals surface area (Å²) in [4.78, 5) is 15.0. The van der Waals surface area contributed by atoms with E-state index in [2.05, 4.69) is 32.0 Å². The third kappa shape index (κ3) is 4.01. The van der Waals surface area contributed by atoms with E-state index in [1.807, 2.05) is 19.3 Å². The van der Waals surface area contributed by atoms with Crippen molar-refractivity contribution in [2.45, 2.75) is 26.3 Å². The summed E-state index contributed by atoms with van der Waals surface area (Å²) < 4.78 is 5.83. The molecule has 3 rings (SSSR count). The summed E-state index contributed by atoms with van der Waals surface area (Å²) in [5.41, 5.74) is 2.19. The van der Waals surface area contributed by atoms with Crippen molar-refractivity contribution in [3.8, 4) is 5.88 Å². The van der Waals surface area contributed by atoms with Crippen molar-refractivity contribution in [3.05, 3.63) is 48.2 Å². The van der Waals surface area contributed by atoms with Crippen molar-refractivity contribution in [2.75, 3.05) is 19.7 Å². The molecule has 2 aromatic rings. The SMILES string of the molecule is Cc1nccnc1OCC1CCN(Cc2ccncc2)CC1. The molecule has 1 aliphatic heterocycles. The maximum Gasteiger partial charge on any atom is 0.235 e. The summed E-state index contributed by atoms with van der Waals surface area (Å²) in [6, 6.07) is 4.18. The van der Waals surface area contributed by atoms with E-state index in [1.165, 1.54) is 18.4 Å². The number of nitrogens with zero attached hydrogens (tertiary/aromatic N) is 4. The number of aromatic nitrogens is 3. The van der Waals surface area contributed by atoms with Crippen LogP contribution in [-0.2, 0) is 6.54 Å². The smallest absolute Gasteiger partial charge is 0.235 e. The summed E-state index contributed by atoms with van der Waals surface area (Å²) in [6.45, 7) is 5.92. The van der Waals surface area contributed by atoms with Crippen molar-refractivity contribution >= 4 is 0 Å². The quantitative estimate of drug-likeness (QED) is 0.849. The van der Waals surface area contributed by atoms with Crippen LogP contribution in [0.4, 0.5) is 0 Å². The topological polar surface area (TPSA) is 51.1 Å². The van der Waals surface area contributed by atoms with Gasteiger partial charge < -0.3 is 4.74 Å². The second-order valence-corrected chi connectivity index (χ2v) is 5.83. The molecule has 116 valence electrons. The van der Waals surface area contributed by atoms with Gasteiger partial charge in [-0.15, -0.1) is 0 Å². The number of likely N-dealkylation sites (tertiary alicyclic amines) is 1. The number of ether oxygens (including phenoxy) is 1. The molecule has 0 amide bonds. The highest BCUT2D eigenvalue weighted by Crippen LogP contribution is 2.20. The van der Waals surface area contributed by atoms with Crippen LogP contribution in [0.2, 0.25) is 0 Å². The molecule has 0 N–H and O–H groups in total. The van der Waals surface area contributed by atoms with E-state index in [1.54, 1.807) is 12.4 Å². The Balaban J connectivity index is 1.43. The summed E-state index contributed by atoms with van der Waals surface area (Å²) >= 11 is 0. The van der Waals surface area contributed by atoms with Gasteiger partial charge in [-0.05, 0) is 56.5 Å². The number of hydrogen-bond acceptors (Lipinski definition) is 5. The van der Waals surface area contributed by atoms with Gasteiger partial charge in [0.25, 0.3) is 0 Å². The minimum Gasteiger partial charge on any atom is -0.476 e. The van der Waals surface area contributed by atoms with Gasteiger partial charge in [0.1, 0.15) is 0 Å². The van der Waals surface area contributed by atoms with Crippen LogP contribution in [0.25, 0.3) is 0 Å². The van der Waals surface area contributed by atoms with E-state index in [0.29, 0.717) is 11.8 Å². The number of aryl methyl sites for hydroxylation is 1. The molecular weight excluding hydrogens is 276 g/mol. The summed E-state index contributed by atoms with van der Waals surface area (Å²) in [6.07, 6.45) is 9.44. The first-order chi connectivity index (χ1) is 10.8. The molecule has 0 atom stereocenters. The zero-order chi connectivity index (χ0) is 15.2. The molecule has 0 radical (unpaired) electrons. The van der Waals surface area contributed by atoms with E-state index >= 15 is 0 Å². The minimum absolute atomic E-state index is 0.607. The first-order valence-electron chi connectivity index (χ1n) is 7.83. The van der Waals surface area contributed by atoms with Gasteiger partial charge in [0.15, 0.2) is 0 Å². The maximum atomic E-state index is 5.83. The molecule has 0 spiro atoms. The van der Waals surface area contributed by atoms with Crippen molar-refractivity contribution in [2.24, 2.45) is 5.92 Å². The Kier molecular flexibility index (Phi) is 4.96. The summed E-state index contributed by atoms with van der Waals surface area (Å²) in [5.74, 6) is 1.27. The van der Waals surface area contributed by atoms with Crippen LogP contribution in [0.1, 0.15) is 24.1 Å². The van der Waals surface area contributed by atoms with Crippen molar-refractivity contribution in [3.63, 3.8) is 0 Å². The number of hydrogen-bond donors (Lipinski definition) is 0. The Hall–Kier alpha value is -2.01. The molecule has 1 saturated heterocycles. The van der Waals surface area contributed by atoms with E-state index in [0.717, 1.165) is 31.9 Å². The van der Waals surface area contributed by atoms with Gasteiger partial charge in [0.05, 0.1) is 12.3 Å². The molecule has 0 saturated carbocycles. The molecule has 5 nitrogen and oxygen atoms in total. The standard InChI is InChI=1S/C17H22N4O/c1-14-17(20-9-8-19-14)22-13-16-4-10-21(11-5-16)12-15-2-6-18-7-3-15/h2-3,6-9,16H,4-5,10-13H2,1H3. The molecule has 5 heteroatoms. The lowest BCUT2D eigenvalue weighted by atomic mass is 9.97. The molecule has 3 heterocycles. The maximum absolute atomic E-state index is 5.83. The largest absolute Gasteiger partial charge is 0.476 e. The second-order valence-electron chi connectivity index (χ2n) is 5.83. The number of rotatable bonds is 5. The Morgan fingerprint density at radius 1 is 1.09 bits per heavy atom. The fraction of sp³-hybridized carbons (Fsp3) is 0.471. The van der Waals surface area contributed by atoms with E-state index in [9.17, 15) is 0 Å². The van der Waals surface area contributed by atoms with Gasteiger partial charge in [-0.3, -0.25) is 14.9 Å². The van der Waals surface area contributed by atoms with Crippen molar-refractivity contribution in [1.82, 2.24) is 19.9 Å². The highest BCUT2D eigenvalue weighted by atomic mass is 16.5. The Morgan fingerprint density at radius 2 is 1.82 bits per heavy atom. The Bertz CT molecular complexity index is 582. The fourth-order valence-corrected chi connectivity index (χ4v) is 2.79. The third-order valence-corrected chi connectivity index (χ3v) is 4.15. The first kappa shape index (κ1) is 14.9. The highest BCUT2D eigenvalue weighted by Gasteiger charge is 2.20. The number of pyridine rings is 1. The van der Waals surface area contributed by atoms with Gasteiger partial charge >= 0.3 is 0 Å². The van der Waals surface area contributed by atoms with Gasteiger partial charge in [-0.25, -0.2) is 4.98 Å². The number of piperidine rings is 1. The zero-order valence-corrected chi connectivity index (χ0v) is 13.0. The van der Waals surface area contributed by atoms with Crippen LogP contribution in [0.15, 0.2) is 36.9 Å². The van der Waals surface area contributed by atoms with E-state index < -0.39 is 0 Å². The zero-order valence-electron chi connectivity index (χ0n) is 13.0. The fourth-order valence-electron chi connectivity index (χ4n) is 2.79. The molecular formula is C17H22N4O. The van der Waals surface area contributed by atoms with Crippen molar-refractivity contribution in [1.29, 1.82) is 0 Å². The molecule has 0 unspecified atom stereocenters. The minimum atomic E-state index is 0.607. The molecule has 0 bridgehead atoms. The normalized spacial score (nSPS) is 16.6. The summed E-state index contributed by atoms with van der Waals surface area (Å²) in [5, 5.41) is 0. The molecule has 0 aromatic carbocycles. The monoisotopic (exact) mass is 298 g/mol. The van der Waals surface area contributed by atoms with Crippen LogP contribution in [0.3, 0.4) is 0 Å². The van der Waals surface area contributed by atoms with E-state index in [4.69, 9.17) is 4.74 Å². The average molecular weight is 298 g/mol. The second kappa shape index (κ2) is 7.31. The lowest BCUT2D eigenvalue weighted by Gasteiger charge is -2.31. The molecule has 1 aliphatic rings. The van der Waals surface area contributed by atoms with E-state index in [-0.39, 0.29) is 0 Å². The molecule has 22 heavy (non-hydrogen) atoms. The predicted octanol–water partition coefficient (Wildman–Crippen LogP) is 2.47. The van der Waals surface area contributed by atoms with Crippen LogP contribution in [0.5, 0.6) is 5.88 Å². The van der Waals surface area contributed by atoms with Gasteiger partial charge in [-0.1, -0.05) is 0 Å². The molecule has 1 fully saturated rings. The Morgan fingerprint density at radius 3 is 2.55 bits per heavy atom. The Labute approximate surface area is 131 Å². The molecule has 2 aromatic heterocycles. The lowest BCUT2D eigenvalue weighted by Crippen LogP contribution is -2.35. The first-order valence-corrected chi connectivity index (χ1v) is 7.83.